The third kappa shape index (κ3) is 3.74. The van der Waals surface area contributed by atoms with E-state index in [4.69, 9.17) is 0 Å². The van der Waals surface area contributed by atoms with Gasteiger partial charge in [-0.25, -0.2) is 14.6 Å². The summed E-state index contributed by atoms with van der Waals surface area (Å²) in [4.78, 5) is 0. The molecule has 0 saturated heterocycles. The molecule has 2 N–H and O–H groups in total. The van der Waals surface area contributed by atoms with Gasteiger partial charge in [0, 0.05) is 11.8 Å². The minimum Gasteiger partial charge on any atom is -0.268 e. The van der Waals surface area contributed by atoms with E-state index in [1.54, 1.807) is 30.1 Å². The molecule has 0 atom stereocenters. The summed E-state index contributed by atoms with van der Waals surface area (Å²) in [5, 5.41) is 11.9. The van der Waals surface area contributed by atoms with Crippen LogP contribution < -0.4 is 11.1 Å². The highest BCUT2D eigenvalue weighted by atomic mass is 32.2. The van der Waals surface area contributed by atoms with Gasteiger partial charge < -0.3 is 0 Å². The number of halogens is 1. The number of hydrogen-bond acceptors (Lipinski definition) is 6. The molecule has 4 rings (SSSR count). The molecule has 3 aromatic rings. The number of thioether (sulfide) groups is 1. The van der Waals surface area contributed by atoms with E-state index in [0.717, 1.165) is 27.9 Å². The number of hydrazine groups is 2. The van der Waals surface area contributed by atoms with Crippen LogP contribution in [-0.4, -0.2) is 26.7 Å². The highest BCUT2D eigenvalue weighted by Gasteiger charge is 2.27. The first-order chi connectivity index (χ1) is 13.6. The Hall–Kier alpha value is -2.84. The van der Waals surface area contributed by atoms with Crippen LogP contribution in [0.1, 0.15) is 25.0 Å². The first-order valence-electron chi connectivity index (χ1n) is 9.02. The maximum atomic E-state index is 13.4. The van der Waals surface area contributed by atoms with Crippen molar-refractivity contribution in [3.8, 4) is 5.69 Å². The zero-order chi connectivity index (χ0) is 19.5. The average Bonchev–Trinajstić information content (AvgIpc) is 3.34. The summed E-state index contributed by atoms with van der Waals surface area (Å²) in [7, 11) is 0. The Bertz CT molecular complexity index is 968. The molecule has 2 heterocycles. The largest absolute Gasteiger partial charge is 0.268 e. The van der Waals surface area contributed by atoms with Gasteiger partial charge in [-0.1, -0.05) is 30.3 Å². The van der Waals surface area contributed by atoms with Crippen LogP contribution in [0.2, 0.25) is 0 Å². The van der Waals surface area contributed by atoms with Crippen molar-refractivity contribution >= 4 is 17.6 Å². The Balaban J connectivity index is 1.72. The normalized spacial score (nSPS) is 13.7. The van der Waals surface area contributed by atoms with Crippen molar-refractivity contribution in [2.45, 2.75) is 30.7 Å². The Kier molecular flexibility index (Phi) is 5.31. The summed E-state index contributed by atoms with van der Waals surface area (Å²) < 4.78 is 15.2. The molecule has 28 heavy (non-hydrogen) atoms. The highest BCUT2D eigenvalue weighted by molar-refractivity contribution is 7.98. The molecule has 0 amide bonds. The second-order valence-electron chi connectivity index (χ2n) is 6.65. The fourth-order valence-electron chi connectivity index (χ4n) is 2.92. The molecule has 1 aromatic heterocycles. The summed E-state index contributed by atoms with van der Waals surface area (Å²) in [6.45, 7) is 4.16. The van der Waals surface area contributed by atoms with Crippen LogP contribution in [-0.2, 0) is 5.75 Å². The molecule has 0 unspecified atom stereocenters. The lowest BCUT2D eigenvalue weighted by Crippen LogP contribution is -2.45. The van der Waals surface area contributed by atoms with Crippen LogP contribution in [0.25, 0.3) is 5.69 Å². The molecule has 1 aliphatic rings. The van der Waals surface area contributed by atoms with Crippen molar-refractivity contribution < 1.29 is 4.39 Å². The minimum absolute atomic E-state index is 0.204. The molecule has 6 nitrogen and oxygen atoms in total. The van der Waals surface area contributed by atoms with E-state index in [2.05, 4.69) is 47.2 Å². The average molecular weight is 396 g/mol. The fraction of sp³-hybridized carbons (Fsp3) is 0.200. The van der Waals surface area contributed by atoms with E-state index in [1.165, 1.54) is 17.7 Å². The monoisotopic (exact) mass is 396 g/mol. The standard InChI is InChI=1S/C20H21FN6S/c1-14(2)26-19(23-24-25-26)18-12-22-27(17-10-8-16(21)9-11-17)20(18)28-13-15-6-4-3-5-7-15/h3-12,14,24-25H,13H2,1-2H3. The number of rotatable bonds is 6. The van der Waals surface area contributed by atoms with Crippen molar-refractivity contribution in [1.29, 1.82) is 0 Å². The zero-order valence-electron chi connectivity index (χ0n) is 15.6. The Labute approximate surface area is 167 Å². The second-order valence-corrected chi connectivity index (χ2v) is 7.61. The van der Waals surface area contributed by atoms with E-state index in [-0.39, 0.29) is 11.9 Å². The van der Waals surface area contributed by atoms with E-state index in [1.807, 2.05) is 27.9 Å². The second kappa shape index (κ2) is 8.04. The SMILES string of the molecule is CC(C)N1NNN=C1c1cnn(-c2ccc(F)cc2)c1SCc1ccccc1. The minimum atomic E-state index is -0.269. The zero-order valence-corrected chi connectivity index (χ0v) is 16.4. The summed E-state index contributed by atoms with van der Waals surface area (Å²) in [6, 6.07) is 16.8. The predicted molar refractivity (Wildman–Crippen MR) is 109 cm³/mol. The number of hydrazone groups is 1. The number of nitrogens with zero attached hydrogens (tertiary/aromatic N) is 4. The molecule has 0 aliphatic carbocycles. The molecule has 0 radical (unpaired) electrons. The number of aromatic nitrogens is 2. The first-order valence-corrected chi connectivity index (χ1v) is 10.0. The van der Waals surface area contributed by atoms with Gasteiger partial charge in [0.25, 0.3) is 0 Å². The Morgan fingerprint density at radius 2 is 1.82 bits per heavy atom. The van der Waals surface area contributed by atoms with Crippen LogP contribution in [0.5, 0.6) is 0 Å². The molecule has 0 saturated carbocycles. The van der Waals surface area contributed by atoms with Gasteiger partial charge in [-0.2, -0.15) is 5.10 Å². The molecule has 0 fully saturated rings. The topological polar surface area (TPSA) is 57.5 Å². The maximum absolute atomic E-state index is 13.4. The van der Waals surface area contributed by atoms with Crippen LogP contribution in [0.15, 0.2) is 70.9 Å². The van der Waals surface area contributed by atoms with E-state index < -0.39 is 0 Å². The van der Waals surface area contributed by atoms with Crippen LogP contribution in [0, 0.1) is 5.82 Å². The molecule has 1 aliphatic heterocycles. The van der Waals surface area contributed by atoms with Crippen molar-refractivity contribution in [2.75, 3.05) is 0 Å². The van der Waals surface area contributed by atoms with E-state index >= 15 is 0 Å². The Morgan fingerprint density at radius 1 is 1.07 bits per heavy atom. The number of hydrogen-bond donors (Lipinski definition) is 2. The third-order valence-electron chi connectivity index (χ3n) is 4.33. The lowest BCUT2D eigenvalue weighted by atomic mass is 10.2. The smallest absolute Gasteiger partial charge is 0.177 e. The van der Waals surface area contributed by atoms with Crippen molar-refractivity contribution in [3.63, 3.8) is 0 Å². The molecule has 0 bridgehead atoms. The number of benzene rings is 2. The maximum Gasteiger partial charge on any atom is 0.177 e. The summed E-state index contributed by atoms with van der Waals surface area (Å²) in [5.74, 6) is 1.30. The quantitative estimate of drug-likeness (QED) is 0.622. The van der Waals surface area contributed by atoms with E-state index in [9.17, 15) is 4.39 Å². The number of amidine groups is 1. The number of nitrogens with one attached hydrogen (secondary N) is 2. The van der Waals surface area contributed by atoms with E-state index in [0.29, 0.717) is 0 Å². The van der Waals surface area contributed by atoms with Crippen molar-refractivity contribution in [1.82, 2.24) is 25.9 Å². The van der Waals surface area contributed by atoms with Gasteiger partial charge in [0.15, 0.2) is 5.84 Å². The van der Waals surface area contributed by atoms with Crippen molar-refractivity contribution in [3.05, 3.63) is 77.7 Å². The fourth-order valence-corrected chi connectivity index (χ4v) is 3.99. The van der Waals surface area contributed by atoms with Gasteiger partial charge in [-0.15, -0.1) is 22.4 Å². The molecular weight excluding hydrogens is 375 g/mol. The molecule has 8 heteroatoms. The lowest BCUT2D eigenvalue weighted by Gasteiger charge is -2.23. The van der Waals surface area contributed by atoms with Crippen LogP contribution >= 0.6 is 11.8 Å². The van der Waals surface area contributed by atoms with Crippen LogP contribution in [0.4, 0.5) is 4.39 Å². The van der Waals surface area contributed by atoms with Crippen LogP contribution in [0.3, 0.4) is 0 Å². The predicted octanol–water partition coefficient (Wildman–Crippen LogP) is 3.70. The lowest BCUT2D eigenvalue weighted by molar-refractivity contribution is 0.246. The Morgan fingerprint density at radius 3 is 2.54 bits per heavy atom. The first kappa shape index (κ1) is 18.5. The highest BCUT2D eigenvalue weighted by Crippen LogP contribution is 2.30. The summed E-state index contributed by atoms with van der Waals surface area (Å²) in [5.41, 5.74) is 8.81. The molecule has 0 spiro atoms. The van der Waals surface area contributed by atoms with Gasteiger partial charge in [0.05, 0.1) is 17.4 Å². The van der Waals surface area contributed by atoms with Gasteiger partial charge >= 0.3 is 0 Å². The van der Waals surface area contributed by atoms with Gasteiger partial charge in [0.2, 0.25) is 0 Å². The molecule has 144 valence electrons. The third-order valence-corrected chi connectivity index (χ3v) is 5.48. The molecular formula is C20H21FN6S. The van der Waals surface area contributed by atoms with Crippen molar-refractivity contribution in [2.24, 2.45) is 5.10 Å². The van der Waals surface area contributed by atoms with Gasteiger partial charge in [0.1, 0.15) is 10.8 Å². The molecule has 2 aromatic carbocycles. The van der Waals surface area contributed by atoms with Gasteiger partial charge in [-0.3, -0.25) is 5.01 Å². The summed E-state index contributed by atoms with van der Waals surface area (Å²) >= 11 is 1.68. The summed E-state index contributed by atoms with van der Waals surface area (Å²) in [6.07, 6.45) is 1.81. The van der Waals surface area contributed by atoms with Gasteiger partial charge in [-0.05, 0) is 43.7 Å².